The molecular formula is C24H24ClN5O2S. The molecule has 0 bridgehead atoms. The Hall–Kier alpha value is -2.86. The van der Waals surface area contributed by atoms with Crippen molar-refractivity contribution >= 4 is 34.4 Å². The molecule has 0 spiro atoms. The topological polar surface area (TPSA) is 84.7 Å². The molecule has 1 aromatic carbocycles. The lowest BCUT2D eigenvalue weighted by molar-refractivity contribution is -0.120. The van der Waals surface area contributed by atoms with Crippen LogP contribution in [0.1, 0.15) is 65.4 Å². The number of hydrogen-bond acceptors (Lipinski definition) is 6. The summed E-state index contributed by atoms with van der Waals surface area (Å²) < 4.78 is 1.97. The molecule has 0 aliphatic carbocycles. The van der Waals surface area contributed by atoms with Crippen molar-refractivity contribution in [3.63, 3.8) is 0 Å². The Balaban J connectivity index is 1.90. The number of benzene rings is 1. The molecule has 3 heterocycles. The van der Waals surface area contributed by atoms with E-state index in [-0.39, 0.29) is 25.2 Å². The van der Waals surface area contributed by atoms with Crippen molar-refractivity contribution in [2.45, 2.75) is 58.7 Å². The smallest absolute Gasteiger partial charge is 0.249 e. The Morgan fingerprint density at radius 2 is 2.03 bits per heavy atom. The molecule has 0 fully saturated rings. The summed E-state index contributed by atoms with van der Waals surface area (Å²) in [6.45, 7) is 13.2. The van der Waals surface area contributed by atoms with Crippen LogP contribution in [0, 0.1) is 20.4 Å². The van der Waals surface area contributed by atoms with Crippen molar-refractivity contribution < 1.29 is 9.90 Å². The minimum absolute atomic E-state index is 0.0166. The van der Waals surface area contributed by atoms with Crippen molar-refractivity contribution in [3.8, 4) is 5.00 Å². The summed E-state index contributed by atoms with van der Waals surface area (Å²) >= 11 is 7.68. The summed E-state index contributed by atoms with van der Waals surface area (Å²) in [5.41, 5.74) is 3.57. The van der Waals surface area contributed by atoms with Gasteiger partial charge >= 0.3 is 0 Å². The van der Waals surface area contributed by atoms with Crippen LogP contribution in [0.3, 0.4) is 0 Å². The maximum Gasteiger partial charge on any atom is 0.249 e. The lowest BCUT2D eigenvalue weighted by atomic mass is 9.99. The van der Waals surface area contributed by atoms with E-state index in [4.69, 9.17) is 23.2 Å². The number of fused-ring (bicyclic) bond motifs is 3. The van der Waals surface area contributed by atoms with Gasteiger partial charge in [0.1, 0.15) is 22.7 Å². The Bertz CT molecular complexity index is 1270. The van der Waals surface area contributed by atoms with Crippen molar-refractivity contribution in [3.05, 3.63) is 73.9 Å². The van der Waals surface area contributed by atoms with Gasteiger partial charge < -0.3 is 9.95 Å². The third kappa shape index (κ3) is 4.62. The van der Waals surface area contributed by atoms with E-state index in [1.54, 1.807) is 18.3 Å². The molecule has 33 heavy (non-hydrogen) atoms. The zero-order valence-corrected chi connectivity index (χ0v) is 20.2. The number of aromatic nitrogens is 3. The number of carbonyl (C=O) groups is 1. The number of hydrogen-bond donors (Lipinski definition) is 1. The first-order valence-electron chi connectivity index (χ1n) is 10.7. The molecule has 1 N–H and O–H groups in total. The van der Waals surface area contributed by atoms with E-state index in [9.17, 15) is 9.90 Å². The van der Waals surface area contributed by atoms with E-state index in [0.29, 0.717) is 23.1 Å². The van der Waals surface area contributed by atoms with Gasteiger partial charge in [-0.1, -0.05) is 23.7 Å². The lowest BCUT2D eigenvalue weighted by Gasteiger charge is -2.12. The third-order valence-electron chi connectivity index (χ3n) is 5.70. The minimum atomic E-state index is -0.530. The molecule has 3 aromatic rings. The number of ketones is 1. The molecule has 0 radical (unpaired) electrons. The highest BCUT2D eigenvalue weighted by Crippen LogP contribution is 2.40. The summed E-state index contributed by atoms with van der Waals surface area (Å²) in [6.07, 6.45) is 0.336. The van der Waals surface area contributed by atoms with Crippen LogP contribution < -0.4 is 0 Å². The number of aryl methyl sites for hydroxylation is 1. The average Bonchev–Trinajstić information content (AvgIpc) is 3.26. The molecular weight excluding hydrogens is 458 g/mol. The Morgan fingerprint density at radius 3 is 2.70 bits per heavy atom. The quantitative estimate of drug-likeness (QED) is 0.479. The molecule has 0 saturated carbocycles. The number of Topliss-reactive ketones (excluding diaryl/α,β-unsaturated/α-hetero) is 1. The molecule has 9 heteroatoms. The van der Waals surface area contributed by atoms with Gasteiger partial charge in [-0.25, -0.2) is 6.57 Å². The van der Waals surface area contributed by atoms with Crippen LogP contribution >= 0.6 is 22.9 Å². The standard InChI is InChI=1S/C24H24ClN5O2S/c1-13(31)5-10-18(32)11-19-23-29-28-15(3)30(23)24-21(14(2)20(33-24)12-26-4)22(27-19)16-6-8-17(25)9-7-16/h6-9,13,19,31H,5,10-12H2,1-3H3/t13-,19+/m1/s1. The fourth-order valence-electron chi connectivity index (χ4n) is 3.98. The molecule has 1 aliphatic heterocycles. The largest absolute Gasteiger partial charge is 0.393 e. The van der Waals surface area contributed by atoms with Gasteiger partial charge in [-0.05, 0) is 44.9 Å². The number of halogens is 1. The molecule has 0 saturated heterocycles. The fraction of sp³-hybridized carbons (Fsp3) is 0.375. The van der Waals surface area contributed by atoms with Gasteiger partial charge in [0.2, 0.25) is 6.54 Å². The second kappa shape index (κ2) is 9.56. The molecule has 0 amide bonds. The number of aliphatic imine (C=N–C) groups is 1. The number of nitrogens with zero attached hydrogens (tertiary/aromatic N) is 5. The van der Waals surface area contributed by atoms with Crippen LogP contribution in [-0.4, -0.2) is 37.5 Å². The highest BCUT2D eigenvalue weighted by Gasteiger charge is 2.33. The number of rotatable bonds is 7. The van der Waals surface area contributed by atoms with E-state index < -0.39 is 12.1 Å². The van der Waals surface area contributed by atoms with Gasteiger partial charge in [-0.3, -0.25) is 14.4 Å². The van der Waals surface area contributed by atoms with Crippen molar-refractivity contribution in [2.24, 2.45) is 4.99 Å². The SMILES string of the molecule is [C-]#[N+]Cc1sc2c(c1C)C(c1ccc(Cl)cc1)=N[C@@H](CC(=O)CC[C@@H](C)O)c1nnc(C)n1-2. The number of aliphatic hydroxyl groups excluding tert-OH is 1. The zero-order valence-electron chi connectivity index (χ0n) is 18.7. The summed E-state index contributed by atoms with van der Waals surface area (Å²) in [4.78, 5) is 22.4. The molecule has 170 valence electrons. The van der Waals surface area contributed by atoms with Crippen LogP contribution in [0.4, 0.5) is 0 Å². The van der Waals surface area contributed by atoms with E-state index in [1.165, 1.54) is 0 Å². The first kappa shape index (κ1) is 23.3. The van der Waals surface area contributed by atoms with Crippen LogP contribution in [-0.2, 0) is 11.3 Å². The van der Waals surface area contributed by atoms with Crippen molar-refractivity contribution in [1.29, 1.82) is 0 Å². The summed E-state index contributed by atoms with van der Waals surface area (Å²) in [6, 6.07) is 6.96. The second-order valence-corrected chi connectivity index (χ2v) is 9.74. The van der Waals surface area contributed by atoms with Crippen LogP contribution in [0.15, 0.2) is 29.3 Å². The number of carbonyl (C=O) groups excluding carboxylic acids is 1. The number of aliphatic hydroxyl groups is 1. The highest BCUT2D eigenvalue weighted by atomic mass is 35.5. The molecule has 2 atom stereocenters. The lowest BCUT2D eigenvalue weighted by Crippen LogP contribution is -2.13. The van der Waals surface area contributed by atoms with Crippen LogP contribution in [0.5, 0.6) is 0 Å². The first-order chi connectivity index (χ1) is 15.8. The first-order valence-corrected chi connectivity index (χ1v) is 11.9. The Kier molecular flexibility index (Phi) is 6.75. The van der Waals surface area contributed by atoms with Gasteiger partial charge in [0.15, 0.2) is 5.82 Å². The maximum absolute atomic E-state index is 12.8. The molecule has 0 unspecified atom stereocenters. The number of thiophene rings is 1. The summed E-state index contributed by atoms with van der Waals surface area (Å²) in [5.74, 6) is 1.33. The van der Waals surface area contributed by atoms with Gasteiger partial charge in [0.25, 0.3) is 0 Å². The van der Waals surface area contributed by atoms with E-state index in [0.717, 1.165) is 32.3 Å². The monoisotopic (exact) mass is 481 g/mol. The predicted molar refractivity (Wildman–Crippen MR) is 129 cm³/mol. The van der Waals surface area contributed by atoms with Crippen molar-refractivity contribution in [2.75, 3.05) is 0 Å². The predicted octanol–water partition coefficient (Wildman–Crippen LogP) is 5.03. The van der Waals surface area contributed by atoms with Gasteiger partial charge in [-0.2, -0.15) is 0 Å². The van der Waals surface area contributed by atoms with Crippen molar-refractivity contribution in [1.82, 2.24) is 14.8 Å². The third-order valence-corrected chi connectivity index (χ3v) is 7.22. The Labute approximate surface area is 201 Å². The molecule has 7 nitrogen and oxygen atoms in total. The van der Waals surface area contributed by atoms with E-state index in [1.807, 2.05) is 42.7 Å². The summed E-state index contributed by atoms with van der Waals surface area (Å²) in [7, 11) is 0. The Morgan fingerprint density at radius 1 is 1.30 bits per heavy atom. The van der Waals surface area contributed by atoms with E-state index >= 15 is 0 Å². The normalized spacial score (nSPS) is 15.8. The van der Waals surface area contributed by atoms with Gasteiger partial charge in [-0.15, -0.1) is 21.5 Å². The minimum Gasteiger partial charge on any atom is -0.393 e. The zero-order chi connectivity index (χ0) is 23.7. The van der Waals surface area contributed by atoms with Crippen LogP contribution in [0.25, 0.3) is 9.85 Å². The highest BCUT2D eigenvalue weighted by molar-refractivity contribution is 7.15. The van der Waals surface area contributed by atoms with Gasteiger partial charge in [0, 0.05) is 29.0 Å². The average molecular weight is 482 g/mol. The molecule has 2 aromatic heterocycles. The summed E-state index contributed by atoms with van der Waals surface area (Å²) in [5, 5.41) is 19.8. The van der Waals surface area contributed by atoms with Crippen LogP contribution in [0.2, 0.25) is 5.02 Å². The molecule has 4 rings (SSSR count). The van der Waals surface area contributed by atoms with E-state index in [2.05, 4.69) is 15.0 Å². The maximum atomic E-state index is 12.8. The fourth-order valence-corrected chi connectivity index (χ4v) is 5.39. The second-order valence-electron chi connectivity index (χ2n) is 8.22. The van der Waals surface area contributed by atoms with Gasteiger partial charge in [0.05, 0.1) is 16.7 Å². The molecule has 1 aliphatic rings.